The van der Waals surface area contributed by atoms with Crippen molar-refractivity contribution < 1.29 is 48.1 Å². The summed E-state index contributed by atoms with van der Waals surface area (Å²) < 4.78 is 10.3. The normalized spacial score (nSPS) is 12.8. The van der Waals surface area contributed by atoms with Crippen LogP contribution in [0, 0.1) is 0 Å². The number of ether oxygens (including phenoxy) is 2. The molecule has 0 bridgehead atoms. The van der Waals surface area contributed by atoms with E-state index in [0.717, 1.165) is 9.80 Å². The molecule has 6 amide bonds. The highest BCUT2D eigenvalue weighted by molar-refractivity contribution is 7.99. The summed E-state index contributed by atoms with van der Waals surface area (Å²) in [6, 6.07) is -3.55. The Morgan fingerprint density at radius 2 is 1.56 bits per heavy atom. The lowest BCUT2D eigenvalue weighted by Crippen LogP contribution is -2.59. The summed E-state index contributed by atoms with van der Waals surface area (Å²) in [5.41, 5.74) is -0.900. The van der Waals surface area contributed by atoms with E-state index in [-0.39, 0.29) is 36.4 Å². The lowest BCUT2D eigenvalue weighted by Gasteiger charge is -2.35. The van der Waals surface area contributed by atoms with Crippen molar-refractivity contribution in [2.75, 3.05) is 64.5 Å². The van der Waals surface area contributed by atoms with E-state index in [0.29, 0.717) is 0 Å². The van der Waals surface area contributed by atoms with Gasteiger partial charge in [-0.15, -0.1) is 11.8 Å². The SMILES string of the molecule is C=CCOC(=O)N(C)[C@@H](CSCNC(C)=O)C(=O)N(C)[C@@H](CSC)C(=O)N(C)C[C@@H](NC(=O)OC(C)(C)C)C(=O)NCC(=O)O. The molecule has 4 N–H and O–H groups in total. The molecule has 0 rings (SSSR count). The number of alkyl carbamates (subject to hydrolysis) is 1. The van der Waals surface area contributed by atoms with Crippen molar-refractivity contribution in [1.29, 1.82) is 0 Å². The molecule has 0 unspecified atom stereocenters. The van der Waals surface area contributed by atoms with E-state index >= 15 is 0 Å². The molecule has 16 nitrogen and oxygen atoms in total. The van der Waals surface area contributed by atoms with Gasteiger partial charge in [-0.25, -0.2) is 9.59 Å². The molecule has 0 aromatic rings. The fourth-order valence-electron chi connectivity index (χ4n) is 3.47. The Morgan fingerprint density at radius 3 is 2.07 bits per heavy atom. The fourth-order valence-corrected chi connectivity index (χ4v) is 5.17. The van der Waals surface area contributed by atoms with Crippen molar-refractivity contribution in [2.24, 2.45) is 0 Å². The fraction of sp³-hybridized carbons (Fsp3) is 0.667. The quantitative estimate of drug-likeness (QED) is 0.0871. The van der Waals surface area contributed by atoms with Crippen molar-refractivity contribution >= 4 is 65.3 Å². The summed E-state index contributed by atoms with van der Waals surface area (Å²) in [5.74, 6) is -3.27. The molecule has 0 aliphatic rings. The van der Waals surface area contributed by atoms with E-state index in [1.807, 2.05) is 0 Å². The van der Waals surface area contributed by atoms with Crippen molar-refractivity contribution in [1.82, 2.24) is 30.7 Å². The zero-order valence-electron chi connectivity index (χ0n) is 27.0. The maximum atomic E-state index is 13.8. The second-order valence-corrected chi connectivity index (χ2v) is 12.6. The number of carboxylic acids is 1. The highest BCUT2D eigenvalue weighted by atomic mass is 32.2. The third-order valence-electron chi connectivity index (χ3n) is 5.74. The minimum absolute atomic E-state index is 0.0603. The lowest BCUT2D eigenvalue weighted by atomic mass is 10.1. The van der Waals surface area contributed by atoms with Gasteiger partial charge >= 0.3 is 18.2 Å². The average molecular weight is 679 g/mol. The molecule has 0 saturated heterocycles. The molecule has 256 valence electrons. The predicted octanol–water partition coefficient (Wildman–Crippen LogP) is 0.179. The Morgan fingerprint density at radius 1 is 0.956 bits per heavy atom. The average Bonchev–Trinajstić information content (AvgIpc) is 2.94. The van der Waals surface area contributed by atoms with Crippen LogP contribution in [0.5, 0.6) is 0 Å². The Kier molecular flexibility index (Phi) is 18.7. The number of thioether (sulfide) groups is 2. The summed E-state index contributed by atoms with van der Waals surface area (Å²) in [5, 5.41) is 16.1. The van der Waals surface area contributed by atoms with Crippen LogP contribution in [-0.2, 0) is 33.4 Å². The molecule has 3 atom stereocenters. The Bertz CT molecular complexity index is 1070. The molecular weight excluding hydrogens is 632 g/mol. The van der Waals surface area contributed by atoms with E-state index in [1.165, 1.54) is 62.6 Å². The van der Waals surface area contributed by atoms with Crippen LogP contribution in [0.2, 0.25) is 0 Å². The Labute approximate surface area is 272 Å². The van der Waals surface area contributed by atoms with Gasteiger partial charge in [-0.3, -0.25) is 28.9 Å². The number of nitrogens with one attached hydrogen (secondary N) is 3. The van der Waals surface area contributed by atoms with Crippen LogP contribution in [0.4, 0.5) is 9.59 Å². The molecule has 0 aromatic carbocycles. The number of aliphatic carboxylic acids is 1. The van der Waals surface area contributed by atoms with Gasteiger partial charge in [0.05, 0.1) is 5.88 Å². The van der Waals surface area contributed by atoms with E-state index in [1.54, 1.807) is 27.0 Å². The number of nitrogens with zero attached hydrogens (tertiary/aromatic N) is 3. The van der Waals surface area contributed by atoms with E-state index in [9.17, 15) is 33.6 Å². The lowest BCUT2D eigenvalue weighted by molar-refractivity contribution is -0.145. The van der Waals surface area contributed by atoms with Crippen LogP contribution in [-0.4, -0.2) is 150 Å². The summed E-state index contributed by atoms with van der Waals surface area (Å²) in [4.78, 5) is 91.0. The van der Waals surface area contributed by atoms with Crippen LogP contribution in [0.1, 0.15) is 27.7 Å². The number of hydrogen-bond donors (Lipinski definition) is 4. The Hall–Kier alpha value is -3.67. The van der Waals surface area contributed by atoms with Gasteiger partial charge in [0.2, 0.25) is 23.6 Å². The zero-order valence-corrected chi connectivity index (χ0v) is 28.7. The van der Waals surface area contributed by atoms with Gasteiger partial charge in [-0.1, -0.05) is 12.7 Å². The third kappa shape index (κ3) is 16.3. The molecule has 18 heteroatoms. The minimum atomic E-state index is -1.40. The Balaban J connectivity index is 6.09. The van der Waals surface area contributed by atoms with Gasteiger partial charge in [0.25, 0.3) is 0 Å². The third-order valence-corrected chi connectivity index (χ3v) is 7.29. The number of carbonyl (C=O) groups is 7. The van der Waals surface area contributed by atoms with Crippen molar-refractivity contribution in [3.8, 4) is 0 Å². The second-order valence-electron chi connectivity index (χ2n) is 10.7. The first-order valence-corrected chi connectivity index (χ1v) is 16.2. The maximum absolute atomic E-state index is 13.8. The highest BCUT2D eigenvalue weighted by Crippen LogP contribution is 2.16. The summed E-state index contributed by atoms with van der Waals surface area (Å²) in [6.45, 7) is 8.48. The summed E-state index contributed by atoms with van der Waals surface area (Å²) >= 11 is 2.46. The monoisotopic (exact) mass is 678 g/mol. The molecule has 45 heavy (non-hydrogen) atoms. The van der Waals surface area contributed by atoms with Crippen LogP contribution >= 0.6 is 23.5 Å². The van der Waals surface area contributed by atoms with Crippen LogP contribution in [0.15, 0.2) is 12.7 Å². The van der Waals surface area contributed by atoms with Crippen molar-refractivity contribution in [2.45, 2.75) is 51.4 Å². The number of carbonyl (C=O) groups excluding carboxylic acids is 6. The van der Waals surface area contributed by atoms with Crippen LogP contribution < -0.4 is 16.0 Å². The number of amides is 6. The molecule has 0 heterocycles. The van der Waals surface area contributed by atoms with Gasteiger partial charge in [0.1, 0.15) is 36.9 Å². The number of hydrogen-bond acceptors (Lipinski definition) is 11. The first kappa shape index (κ1) is 41.3. The molecule has 0 saturated carbocycles. The molecule has 0 aromatic heterocycles. The van der Waals surface area contributed by atoms with E-state index in [2.05, 4.69) is 22.5 Å². The van der Waals surface area contributed by atoms with E-state index in [4.69, 9.17) is 14.6 Å². The molecular formula is C27H46N6O10S2. The number of rotatable bonds is 18. The van der Waals surface area contributed by atoms with Crippen LogP contribution in [0.3, 0.4) is 0 Å². The smallest absolute Gasteiger partial charge is 0.410 e. The van der Waals surface area contributed by atoms with Crippen LogP contribution in [0.25, 0.3) is 0 Å². The predicted molar refractivity (Wildman–Crippen MR) is 171 cm³/mol. The first-order chi connectivity index (χ1) is 20.9. The number of likely N-dealkylation sites (N-methyl/N-ethyl adjacent to an activating group) is 3. The van der Waals surface area contributed by atoms with Gasteiger partial charge in [-0.05, 0) is 27.0 Å². The van der Waals surface area contributed by atoms with Gasteiger partial charge < -0.3 is 40.3 Å². The second kappa shape index (κ2) is 20.4. The van der Waals surface area contributed by atoms with Crippen molar-refractivity contribution in [3.63, 3.8) is 0 Å². The van der Waals surface area contributed by atoms with Gasteiger partial charge in [-0.2, -0.15) is 11.8 Å². The molecule has 0 spiro atoms. The van der Waals surface area contributed by atoms with E-state index < -0.39 is 66.1 Å². The molecule has 0 fully saturated rings. The standard InChI is InChI=1S/C27H46N6O10S2/c1-10-11-42-26(41)33(8)20(15-45-16-29-17(2)34)24(39)32(7)19(14-44-9)23(38)31(6)13-18(22(37)28-12-21(35)36)30-25(40)43-27(3,4)5/h10,18-20H,1,11-16H2,2-9H3,(H,28,37)(H,29,34)(H,30,40)(H,35,36)/t18-,19+,20+/m1/s1. The first-order valence-electron chi connectivity index (χ1n) is 13.7. The molecule has 0 aliphatic carbocycles. The minimum Gasteiger partial charge on any atom is -0.480 e. The summed E-state index contributed by atoms with van der Waals surface area (Å²) in [7, 11) is 4.14. The zero-order chi connectivity index (χ0) is 34.9. The molecule has 0 aliphatic heterocycles. The van der Waals surface area contributed by atoms with Gasteiger partial charge in [0.15, 0.2) is 0 Å². The maximum Gasteiger partial charge on any atom is 0.410 e. The molecule has 0 radical (unpaired) electrons. The topological polar surface area (TPSA) is 204 Å². The largest absolute Gasteiger partial charge is 0.480 e. The summed E-state index contributed by atoms with van der Waals surface area (Å²) in [6.07, 6.45) is 1.34. The van der Waals surface area contributed by atoms with Gasteiger partial charge in [0, 0.05) is 46.1 Å². The number of carboxylic acid groups (broad SMARTS) is 1. The van der Waals surface area contributed by atoms with Crippen molar-refractivity contribution in [3.05, 3.63) is 12.7 Å². The highest BCUT2D eigenvalue weighted by Gasteiger charge is 2.37.